The summed E-state index contributed by atoms with van der Waals surface area (Å²) >= 11 is 5.96. The molecule has 0 fully saturated rings. The number of carbonyl (C=O) groups is 2. The van der Waals surface area contributed by atoms with Gasteiger partial charge in [0.05, 0.1) is 21.3 Å². The summed E-state index contributed by atoms with van der Waals surface area (Å²) in [5, 5.41) is 0.574. The summed E-state index contributed by atoms with van der Waals surface area (Å²) in [7, 11) is 4.37. The van der Waals surface area contributed by atoms with E-state index in [0.29, 0.717) is 16.5 Å². The molecule has 2 aromatic carbocycles. The monoisotopic (exact) mass is 403 g/mol. The summed E-state index contributed by atoms with van der Waals surface area (Å²) in [5.41, 5.74) is 1.53. The molecule has 6 nitrogen and oxygen atoms in total. The van der Waals surface area contributed by atoms with E-state index in [0.717, 1.165) is 11.1 Å². The second kappa shape index (κ2) is 10.4. The number of esters is 1. The van der Waals surface area contributed by atoms with E-state index in [1.807, 2.05) is 6.07 Å². The van der Waals surface area contributed by atoms with Gasteiger partial charge < -0.3 is 19.1 Å². The average Bonchev–Trinajstić information content (AvgIpc) is 2.71. The molecule has 0 aliphatic carbocycles. The normalized spacial score (nSPS) is 10.6. The van der Waals surface area contributed by atoms with Gasteiger partial charge in [0, 0.05) is 23.7 Å². The number of halogens is 1. The summed E-state index contributed by atoms with van der Waals surface area (Å²) in [6.45, 7) is -0.00385. The van der Waals surface area contributed by atoms with Crippen LogP contribution in [-0.4, -0.2) is 44.7 Å². The van der Waals surface area contributed by atoms with Crippen LogP contribution in [0, 0.1) is 0 Å². The third-order valence-electron chi connectivity index (χ3n) is 3.91. The number of hydrogen-bond donors (Lipinski definition) is 0. The molecule has 0 saturated carbocycles. The molecule has 0 N–H and O–H groups in total. The van der Waals surface area contributed by atoms with Gasteiger partial charge in [-0.1, -0.05) is 23.7 Å². The fourth-order valence-electron chi connectivity index (χ4n) is 2.49. The third kappa shape index (κ3) is 6.32. The summed E-state index contributed by atoms with van der Waals surface area (Å²) < 4.78 is 15.2. The molecule has 0 aliphatic heterocycles. The van der Waals surface area contributed by atoms with Crippen molar-refractivity contribution in [3.8, 4) is 11.5 Å². The molecule has 0 radical (unpaired) electrons. The SMILES string of the molecule is COC(=O)CN(Cc1cc(OC)cc(OC)c1)C(=O)/C=C/c1cccc(Cl)c1. The molecule has 2 aromatic rings. The van der Waals surface area contributed by atoms with Crippen molar-refractivity contribution >= 4 is 29.6 Å². The van der Waals surface area contributed by atoms with Crippen molar-refractivity contribution in [2.24, 2.45) is 0 Å². The van der Waals surface area contributed by atoms with Crippen molar-refractivity contribution in [3.05, 3.63) is 64.7 Å². The van der Waals surface area contributed by atoms with Gasteiger partial charge in [0.15, 0.2) is 0 Å². The van der Waals surface area contributed by atoms with Crippen molar-refractivity contribution in [2.75, 3.05) is 27.9 Å². The maximum Gasteiger partial charge on any atom is 0.325 e. The van der Waals surface area contributed by atoms with Gasteiger partial charge in [0.1, 0.15) is 18.0 Å². The Hall–Kier alpha value is -2.99. The van der Waals surface area contributed by atoms with Crippen LogP contribution in [-0.2, 0) is 20.9 Å². The van der Waals surface area contributed by atoms with Crippen LogP contribution in [0.4, 0.5) is 0 Å². The number of hydrogen-bond acceptors (Lipinski definition) is 5. The fourth-order valence-corrected chi connectivity index (χ4v) is 2.69. The number of carbonyl (C=O) groups excluding carboxylic acids is 2. The minimum absolute atomic E-state index is 0.182. The zero-order chi connectivity index (χ0) is 20.5. The first-order valence-electron chi connectivity index (χ1n) is 8.46. The topological polar surface area (TPSA) is 65.1 Å². The van der Waals surface area contributed by atoms with Gasteiger partial charge in [-0.3, -0.25) is 9.59 Å². The smallest absolute Gasteiger partial charge is 0.325 e. The molecule has 0 atom stereocenters. The highest BCUT2D eigenvalue weighted by molar-refractivity contribution is 6.30. The van der Waals surface area contributed by atoms with Crippen LogP contribution in [0.1, 0.15) is 11.1 Å². The number of benzene rings is 2. The molecular formula is C21H22ClNO5. The van der Waals surface area contributed by atoms with E-state index in [9.17, 15) is 9.59 Å². The van der Waals surface area contributed by atoms with Crippen molar-refractivity contribution < 1.29 is 23.8 Å². The van der Waals surface area contributed by atoms with Crippen LogP contribution < -0.4 is 9.47 Å². The third-order valence-corrected chi connectivity index (χ3v) is 4.15. The Morgan fingerprint density at radius 2 is 1.71 bits per heavy atom. The summed E-state index contributed by atoms with van der Waals surface area (Å²) in [6.07, 6.45) is 3.04. The first-order valence-corrected chi connectivity index (χ1v) is 8.84. The maximum atomic E-state index is 12.7. The van der Waals surface area contributed by atoms with Gasteiger partial charge in [-0.05, 0) is 41.5 Å². The van der Waals surface area contributed by atoms with Crippen molar-refractivity contribution in [1.82, 2.24) is 4.90 Å². The van der Waals surface area contributed by atoms with Gasteiger partial charge in [0.25, 0.3) is 0 Å². The highest BCUT2D eigenvalue weighted by Gasteiger charge is 2.17. The fraction of sp³-hybridized carbons (Fsp3) is 0.238. The van der Waals surface area contributed by atoms with Crippen LogP contribution in [0.25, 0.3) is 6.08 Å². The Labute approximate surface area is 169 Å². The molecule has 0 heterocycles. The number of amides is 1. The summed E-state index contributed by atoms with van der Waals surface area (Å²) in [6, 6.07) is 12.4. The van der Waals surface area contributed by atoms with Gasteiger partial charge in [-0.2, -0.15) is 0 Å². The van der Waals surface area contributed by atoms with E-state index in [-0.39, 0.29) is 19.0 Å². The Morgan fingerprint density at radius 1 is 1.04 bits per heavy atom. The minimum Gasteiger partial charge on any atom is -0.497 e. The van der Waals surface area contributed by atoms with Gasteiger partial charge in [-0.15, -0.1) is 0 Å². The second-order valence-electron chi connectivity index (χ2n) is 5.88. The van der Waals surface area contributed by atoms with Crippen molar-refractivity contribution in [2.45, 2.75) is 6.54 Å². The lowest BCUT2D eigenvalue weighted by Crippen LogP contribution is -2.34. The lowest BCUT2D eigenvalue weighted by molar-refractivity contribution is -0.145. The molecule has 148 valence electrons. The molecule has 0 unspecified atom stereocenters. The van der Waals surface area contributed by atoms with Gasteiger partial charge >= 0.3 is 5.97 Å². The Balaban J connectivity index is 2.23. The largest absolute Gasteiger partial charge is 0.497 e. The zero-order valence-electron chi connectivity index (χ0n) is 16.0. The molecule has 0 aliphatic rings. The maximum absolute atomic E-state index is 12.7. The molecule has 0 bridgehead atoms. The standard InChI is InChI=1S/C21H22ClNO5/c1-26-18-10-16(11-19(12-18)27-2)13-23(14-21(25)28-3)20(24)8-7-15-5-4-6-17(22)9-15/h4-12H,13-14H2,1-3H3/b8-7+. The molecule has 0 saturated heterocycles. The number of ether oxygens (including phenoxy) is 3. The number of nitrogens with zero attached hydrogens (tertiary/aromatic N) is 1. The molecule has 7 heteroatoms. The Morgan fingerprint density at radius 3 is 2.29 bits per heavy atom. The molecule has 2 rings (SSSR count). The van der Waals surface area contributed by atoms with Crippen molar-refractivity contribution in [1.29, 1.82) is 0 Å². The van der Waals surface area contributed by atoms with E-state index in [1.165, 1.54) is 18.1 Å². The molecule has 0 spiro atoms. The summed E-state index contributed by atoms with van der Waals surface area (Å²) in [4.78, 5) is 25.9. The average molecular weight is 404 g/mol. The van der Waals surface area contributed by atoms with Crippen LogP contribution in [0.5, 0.6) is 11.5 Å². The number of rotatable bonds is 8. The zero-order valence-corrected chi connectivity index (χ0v) is 16.7. The highest BCUT2D eigenvalue weighted by atomic mass is 35.5. The molecule has 0 aromatic heterocycles. The Bertz CT molecular complexity index is 843. The second-order valence-corrected chi connectivity index (χ2v) is 6.32. The van der Waals surface area contributed by atoms with E-state index in [2.05, 4.69) is 0 Å². The molecular weight excluding hydrogens is 382 g/mol. The molecule has 28 heavy (non-hydrogen) atoms. The number of methoxy groups -OCH3 is 3. The quantitative estimate of drug-likeness (QED) is 0.498. The summed E-state index contributed by atoms with van der Waals surface area (Å²) in [5.74, 6) is 0.329. The van der Waals surface area contributed by atoms with Crippen LogP contribution in [0.3, 0.4) is 0 Å². The van der Waals surface area contributed by atoms with Crippen LogP contribution in [0.15, 0.2) is 48.5 Å². The first-order chi connectivity index (χ1) is 13.4. The van der Waals surface area contributed by atoms with E-state index in [1.54, 1.807) is 56.7 Å². The van der Waals surface area contributed by atoms with E-state index in [4.69, 9.17) is 25.8 Å². The van der Waals surface area contributed by atoms with Gasteiger partial charge in [0.2, 0.25) is 5.91 Å². The van der Waals surface area contributed by atoms with Crippen LogP contribution in [0.2, 0.25) is 5.02 Å². The minimum atomic E-state index is -0.514. The lowest BCUT2D eigenvalue weighted by Gasteiger charge is -2.20. The lowest BCUT2D eigenvalue weighted by atomic mass is 10.1. The van der Waals surface area contributed by atoms with Gasteiger partial charge in [-0.25, -0.2) is 0 Å². The highest BCUT2D eigenvalue weighted by Crippen LogP contribution is 2.23. The first kappa shape index (κ1) is 21.3. The predicted molar refractivity (Wildman–Crippen MR) is 107 cm³/mol. The molecule has 1 amide bonds. The van der Waals surface area contributed by atoms with E-state index >= 15 is 0 Å². The van der Waals surface area contributed by atoms with Crippen LogP contribution >= 0.6 is 11.6 Å². The van der Waals surface area contributed by atoms with Crippen molar-refractivity contribution in [3.63, 3.8) is 0 Å². The predicted octanol–water partition coefficient (Wildman–Crippen LogP) is 3.57. The Kier molecular flexibility index (Phi) is 7.89. The van der Waals surface area contributed by atoms with E-state index < -0.39 is 5.97 Å².